The quantitative estimate of drug-likeness (QED) is 0.340. The summed E-state index contributed by atoms with van der Waals surface area (Å²) in [6.45, 7) is 0.410. The Hall–Kier alpha value is -3.39. The summed E-state index contributed by atoms with van der Waals surface area (Å²) in [5, 5.41) is 9.14. The Morgan fingerprint density at radius 1 is 0.974 bits per heavy atom. The first kappa shape index (κ1) is 26.2. The van der Waals surface area contributed by atoms with Gasteiger partial charge in [-0.25, -0.2) is 12.8 Å². The van der Waals surface area contributed by atoms with E-state index in [-0.39, 0.29) is 30.0 Å². The first-order valence-corrected chi connectivity index (χ1v) is 14.9. The average Bonchev–Trinajstić information content (AvgIpc) is 3.69. The van der Waals surface area contributed by atoms with Gasteiger partial charge in [0.25, 0.3) is 0 Å². The maximum Gasteiger partial charge on any atom is 0.307 e. The summed E-state index contributed by atoms with van der Waals surface area (Å²) in [4.78, 5) is 11.1. The normalized spacial score (nSPS) is 18.2. The third-order valence-corrected chi connectivity index (χ3v) is 8.30. The topological polar surface area (TPSA) is 89.9 Å². The summed E-state index contributed by atoms with van der Waals surface area (Å²) in [5.41, 5.74) is 5.58. The molecule has 6 nitrogen and oxygen atoms in total. The summed E-state index contributed by atoms with van der Waals surface area (Å²) in [5.74, 6) is 0.102. The molecular weight excluding hydrogens is 507 g/mol. The van der Waals surface area contributed by atoms with Gasteiger partial charge in [-0.05, 0) is 102 Å². The summed E-state index contributed by atoms with van der Waals surface area (Å²) in [7, 11) is -3.01. The molecule has 8 heteroatoms. The van der Waals surface area contributed by atoms with E-state index in [1.54, 1.807) is 18.2 Å². The van der Waals surface area contributed by atoms with E-state index in [2.05, 4.69) is 0 Å². The van der Waals surface area contributed by atoms with Crippen molar-refractivity contribution in [3.8, 4) is 22.6 Å². The number of carboxylic acids is 1. The predicted molar refractivity (Wildman–Crippen MR) is 143 cm³/mol. The first-order chi connectivity index (χ1) is 18.2. The second kappa shape index (κ2) is 10.8. The van der Waals surface area contributed by atoms with Crippen LogP contribution in [-0.4, -0.2) is 38.1 Å². The number of ether oxygens (including phenoxy) is 2. The number of hydrogen-bond donors (Lipinski definition) is 1. The summed E-state index contributed by atoms with van der Waals surface area (Å²) in [6.07, 6.45) is 4.82. The molecule has 3 aromatic rings. The molecule has 0 amide bonds. The van der Waals surface area contributed by atoms with Crippen LogP contribution in [0, 0.1) is 11.7 Å². The second-order valence-electron chi connectivity index (χ2n) is 10.2. The van der Waals surface area contributed by atoms with E-state index in [1.165, 1.54) is 6.26 Å². The molecule has 200 valence electrons. The van der Waals surface area contributed by atoms with Crippen molar-refractivity contribution in [3.05, 3.63) is 82.7 Å². The van der Waals surface area contributed by atoms with Gasteiger partial charge in [0.15, 0.2) is 0 Å². The number of sulfone groups is 1. The number of hydrogen-bond acceptors (Lipinski definition) is 5. The number of carbonyl (C=O) groups is 1. The zero-order valence-corrected chi connectivity index (χ0v) is 22.1. The molecule has 1 saturated carbocycles. The Bertz CT molecular complexity index is 1450. The van der Waals surface area contributed by atoms with Crippen LogP contribution < -0.4 is 9.47 Å². The first-order valence-electron chi connectivity index (χ1n) is 12.9. The monoisotopic (exact) mass is 538 g/mol. The molecule has 0 heterocycles. The molecule has 0 aromatic heterocycles. The highest BCUT2D eigenvalue weighted by Gasteiger charge is 2.44. The Labute approximate surface area is 222 Å². The predicted octanol–water partition coefficient (Wildman–Crippen LogP) is 5.56. The lowest BCUT2D eigenvalue weighted by molar-refractivity contribution is -0.138. The molecule has 1 fully saturated rings. The van der Waals surface area contributed by atoms with Crippen molar-refractivity contribution in [1.82, 2.24) is 0 Å². The minimum atomic E-state index is -3.01. The Kier molecular flexibility index (Phi) is 7.43. The van der Waals surface area contributed by atoms with Crippen molar-refractivity contribution in [2.75, 3.05) is 18.6 Å². The highest BCUT2D eigenvalue weighted by molar-refractivity contribution is 7.90. The molecule has 2 atom stereocenters. The van der Waals surface area contributed by atoms with Crippen LogP contribution in [0.2, 0.25) is 0 Å². The van der Waals surface area contributed by atoms with Gasteiger partial charge in [-0.3, -0.25) is 4.79 Å². The van der Waals surface area contributed by atoms with E-state index < -0.39 is 15.8 Å². The fourth-order valence-corrected chi connectivity index (χ4v) is 5.79. The van der Waals surface area contributed by atoms with Gasteiger partial charge in [0.05, 0.1) is 18.3 Å². The molecule has 1 N–H and O–H groups in total. The number of carboxylic acid groups (broad SMARTS) is 1. The number of aryl methyl sites for hydroxylation is 2. The molecule has 0 radical (unpaired) electrons. The Morgan fingerprint density at radius 3 is 2.37 bits per heavy atom. The van der Waals surface area contributed by atoms with Crippen molar-refractivity contribution in [2.45, 2.75) is 44.6 Å². The third kappa shape index (κ3) is 6.18. The summed E-state index contributed by atoms with van der Waals surface area (Å²) >= 11 is 0. The number of fused-ring (bicyclic) bond motifs is 3. The molecule has 0 spiro atoms. The lowest BCUT2D eigenvalue weighted by Gasteiger charge is -2.15. The lowest BCUT2D eigenvalue weighted by Crippen LogP contribution is -2.08. The zero-order chi connectivity index (χ0) is 26.9. The van der Waals surface area contributed by atoms with E-state index in [0.29, 0.717) is 36.5 Å². The van der Waals surface area contributed by atoms with E-state index in [0.717, 1.165) is 47.1 Å². The minimum Gasteiger partial charge on any atom is -0.494 e. The molecule has 0 saturated heterocycles. The molecule has 3 aromatic carbocycles. The van der Waals surface area contributed by atoms with Crippen molar-refractivity contribution in [3.63, 3.8) is 0 Å². The maximum atomic E-state index is 15.0. The van der Waals surface area contributed by atoms with Crippen molar-refractivity contribution in [2.24, 2.45) is 5.92 Å². The fourth-order valence-electron chi connectivity index (χ4n) is 5.15. The highest BCUT2D eigenvalue weighted by Crippen LogP contribution is 2.47. The molecule has 2 aliphatic carbocycles. The molecular formula is C30H31FO6S. The van der Waals surface area contributed by atoms with E-state index >= 15 is 4.39 Å². The van der Waals surface area contributed by atoms with Gasteiger partial charge in [0, 0.05) is 11.8 Å². The summed E-state index contributed by atoms with van der Waals surface area (Å²) in [6, 6.07) is 16.7. The molecule has 2 aliphatic rings. The molecule has 5 rings (SSSR count). The van der Waals surface area contributed by atoms with Gasteiger partial charge in [0.1, 0.15) is 33.8 Å². The molecule has 0 bridgehead atoms. The lowest BCUT2D eigenvalue weighted by atomic mass is 9.94. The standard InChI is InChI=1S/C30H31FO6S/c1-38(34,35)13-3-12-36-24-10-11-25-20(14-24)4-2-5-21-16-29(31)22(15-26(21)25)18-37-23-8-6-19(7-9-23)27-17-28(27)30(32)33/h6-11,14-16,27-28H,2-5,12-13,17-18H2,1H3,(H,32,33). The van der Waals surface area contributed by atoms with Gasteiger partial charge in [-0.15, -0.1) is 0 Å². The second-order valence-corrected chi connectivity index (χ2v) is 12.5. The summed E-state index contributed by atoms with van der Waals surface area (Å²) < 4.78 is 49.4. The van der Waals surface area contributed by atoms with Gasteiger partial charge in [-0.2, -0.15) is 0 Å². The number of benzene rings is 3. The maximum absolute atomic E-state index is 15.0. The Morgan fingerprint density at radius 2 is 1.68 bits per heavy atom. The smallest absolute Gasteiger partial charge is 0.307 e. The molecule has 0 aliphatic heterocycles. The van der Waals surface area contributed by atoms with Crippen LogP contribution in [0.15, 0.2) is 54.6 Å². The minimum absolute atomic E-state index is 0.0574. The van der Waals surface area contributed by atoms with Gasteiger partial charge >= 0.3 is 5.97 Å². The van der Waals surface area contributed by atoms with Crippen molar-refractivity contribution >= 4 is 15.8 Å². The van der Waals surface area contributed by atoms with Crippen LogP contribution in [0.1, 0.15) is 47.4 Å². The number of rotatable bonds is 10. The SMILES string of the molecule is CS(=O)(=O)CCCOc1ccc2c(c1)CCCc1cc(F)c(COc3ccc(C4CC4C(=O)O)cc3)cc1-2. The molecule has 2 unspecified atom stereocenters. The van der Waals surface area contributed by atoms with Crippen molar-refractivity contribution in [1.29, 1.82) is 0 Å². The van der Waals surface area contributed by atoms with Gasteiger partial charge in [0.2, 0.25) is 0 Å². The highest BCUT2D eigenvalue weighted by atomic mass is 32.2. The van der Waals surface area contributed by atoms with E-state index in [4.69, 9.17) is 14.6 Å². The largest absolute Gasteiger partial charge is 0.494 e. The van der Waals surface area contributed by atoms with Crippen LogP contribution >= 0.6 is 0 Å². The fraction of sp³-hybridized carbons (Fsp3) is 0.367. The van der Waals surface area contributed by atoms with E-state index in [9.17, 15) is 13.2 Å². The van der Waals surface area contributed by atoms with E-state index in [1.807, 2.05) is 36.4 Å². The Balaban J connectivity index is 1.28. The van der Waals surface area contributed by atoms with Gasteiger partial charge in [-0.1, -0.05) is 18.2 Å². The average molecular weight is 539 g/mol. The van der Waals surface area contributed by atoms with Gasteiger partial charge < -0.3 is 14.6 Å². The molecule has 38 heavy (non-hydrogen) atoms. The van der Waals surface area contributed by atoms with Crippen LogP contribution in [0.3, 0.4) is 0 Å². The van der Waals surface area contributed by atoms with Crippen molar-refractivity contribution < 1.29 is 32.2 Å². The van der Waals surface area contributed by atoms with Crippen LogP contribution in [0.5, 0.6) is 11.5 Å². The van der Waals surface area contributed by atoms with Crippen LogP contribution in [0.25, 0.3) is 11.1 Å². The number of halogens is 1. The van der Waals surface area contributed by atoms with Crippen LogP contribution in [-0.2, 0) is 34.1 Å². The third-order valence-electron chi connectivity index (χ3n) is 7.27. The van der Waals surface area contributed by atoms with Crippen LogP contribution in [0.4, 0.5) is 4.39 Å². The zero-order valence-electron chi connectivity index (χ0n) is 21.3. The number of aliphatic carboxylic acids is 1.